The van der Waals surface area contributed by atoms with Gasteiger partial charge >= 0.3 is 5.97 Å². The zero-order chi connectivity index (χ0) is 21.7. The third-order valence-electron chi connectivity index (χ3n) is 4.86. The van der Waals surface area contributed by atoms with E-state index in [1.807, 2.05) is 31.2 Å². The van der Waals surface area contributed by atoms with E-state index in [0.29, 0.717) is 10.8 Å². The Morgan fingerprint density at radius 2 is 1.73 bits per heavy atom. The van der Waals surface area contributed by atoms with Gasteiger partial charge in [-0.05, 0) is 24.6 Å². The van der Waals surface area contributed by atoms with Crippen LogP contribution in [0.15, 0.2) is 58.1 Å². The van der Waals surface area contributed by atoms with E-state index >= 15 is 0 Å². The number of benzene rings is 2. The van der Waals surface area contributed by atoms with Crippen molar-refractivity contribution in [3.63, 3.8) is 0 Å². The number of hydrogen-bond acceptors (Lipinski definition) is 5. The quantitative estimate of drug-likeness (QED) is 0.578. The van der Waals surface area contributed by atoms with E-state index in [-0.39, 0.29) is 30.9 Å². The summed E-state index contributed by atoms with van der Waals surface area (Å²) in [4.78, 5) is 49.0. The van der Waals surface area contributed by atoms with E-state index in [1.54, 1.807) is 24.3 Å². The van der Waals surface area contributed by atoms with Crippen LogP contribution in [0.3, 0.4) is 0 Å². The van der Waals surface area contributed by atoms with Gasteiger partial charge in [0, 0.05) is 6.42 Å². The smallest absolute Gasteiger partial charge is 0.307 e. The summed E-state index contributed by atoms with van der Waals surface area (Å²) in [7, 11) is 1.29. The highest BCUT2D eigenvalue weighted by Crippen LogP contribution is 2.18. The molecule has 8 heteroatoms. The number of carbonyl (C=O) groups is 2. The summed E-state index contributed by atoms with van der Waals surface area (Å²) in [6.07, 6.45) is -0.0597. The van der Waals surface area contributed by atoms with Gasteiger partial charge in [-0.25, -0.2) is 4.68 Å². The van der Waals surface area contributed by atoms with Gasteiger partial charge in [0.25, 0.3) is 11.1 Å². The van der Waals surface area contributed by atoms with Gasteiger partial charge in [0.15, 0.2) is 0 Å². The summed E-state index contributed by atoms with van der Waals surface area (Å²) in [5, 5.41) is 5.92. The van der Waals surface area contributed by atoms with Gasteiger partial charge in [0.2, 0.25) is 5.91 Å². The molecule has 2 N–H and O–H groups in total. The Labute approximate surface area is 172 Å². The van der Waals surface area contributed by atoms with Crippen molar-refractivity contribution in [2.45, 2.75) is 32.4 Å². The SMILES string of the molecule is COC(=O)CC(NC(=O)CCn1[nH]c(=O)c2ccccc2c1=O)c1ccc(C)cc1. The lowest BCUT2D eigenvalue weighted by molar-refractivity contribution is -0.141. The molecule has 1 unspecified atom stereocenters. The van der Waals surface area contributed by atoms with Crippen molar-refractivity contribution in [2.24, 2.45) is 0 Å². The predicted octanol–water partition coefficient (Wildman–Crippen LogP) is 1.81. The van der Waals surface area contributed by atoms with Crippen LogP contribution < -0.4 is 16.4 Å². The van der Waals surface area contributed by atoms with Crippen LogP contribution >= 0.6 is 0 Å². The molecule has 0 aliphatic carbocycles. The Bertz CT molecular complexity index is 1180. The number of hydrogen-bond donors (Lipinski definition) is 2. The maximum absolute atomic E-state index is 12.6. The molecule has 1 aromatic heterocycles. The molecular formula is C22H23N3O5. The molecule has 0 spiro atoms. The highest BCUT2D eigenvalue weighted by Gasteiger charge is 2.19. The first-order valence-corrected chi connectivity index (χ1v) is 9.53. The summed E-state index contributed by atoms with van der Waals surface area (Å²) in [5.74, 6) is -0.804. The summed E-state index contributed by atoms with van der Waals surface area (Å²) >= 11 is 0. The normalized spacial score (nSPS) is 11.8. The number of rotatable bonds is 7. The van der Waals surface area contributed by atoms with E-state index in [2.05, 4.69) is 10.4 Å². The Morgan fingerprint density at radius 1 is 1.07 bits per heavy atom. The number of aryl methyl sites for hydroxylation is 2. The van der Waals surface area contributed by atoms with E-state index in [9.17, 15) is 19.2 Å². The van der Waals surface area contributed by atoms with Crippen LogP contribution in [0.2, 0.25) is 0 Å². The van der Waals surface area contributed by atoms with Crippen molar-refractivity contribution in [3.8, 4) is 0 Å². The Morgan fingerprint density at radius 3 is 2.40 bits per heavy atom. The van der Waals surface area contributed by atoms with Crippen molar-refractivity contribution >= 4 is 22.6 Å². The molecule has 1 amide bonds. The fourth-order valence-corrected chi connectivity index (χ4v) is 3.18. The lowest BCUT2D eigenvalue weighted by Crippen LogP contribution is -2.34. The lowest BCUT2D eigenvalue weighted by Gasteiger charge is -2.18. The first kappa shape index (κ1) is 21.0. The molecule has 0 saturated heterocycles. The Kier molecular flexibility index (Phi) is 6.46. The number of nitrogens with one attached hydrogen (secondary N) is 2. The predicted molar refractivity (Wildman–Crippen MR) is 112 cm³/mol. The van der Waals surface area contributed by atoms with E-state index in [0.717, 1.165) is 15.8 Å². The number of esters is 1. The molecule has 0 aliphatic heterocycles. The number of methoxy groups -OCH3 is 1. The topological polar surface area (TPSA) is 110 Å². The van der Waals surface area contributed by atoms with E-state index in [1.165, 1.54) is 7.11 Å². The second kappa shape index (κ2) is 9.21. The lowest BCUT2D eigenvalue weighted by atomic mass is 10.0. The molecule has 0 aliphatic rings. The number of H-pyrrole nitrogens is 1. The van der Waals surface area contributed by atoms with Crippen molar-refractivity contribution in [2.75, 3.05) is 7.11 Å². The molecule has 0 bridgehead atoms. The van der Waals surface area contributed by atoms with Gasteiger partial charge < -0.3 is 10.1 Å². The number of nitrogens with zero attached hydrogens (tertiary/aromatic N) is 1. The summed E-state index contributed by atoms with van der Waals surface area (Å²) in [5.41, 5.74) is 1.06. The second-order valence-corrected chi connectivity index (χ2v) is 7.00. The molecule has 30 heavy (non-hydrogen) atoms. The molecule has 3 rings (SSSR count). The van der Waals surface area contributed by atoms with Crippen LogP contribution in [0.1, 0.15) is 30.0 Å². The second-order valence-electron chi connectivity index (χ2n) is 7.00. The molecule has 1 heterocycles. The Balaban J connectivity index is 1.74. The Hall–Kier alpha value is -3.68. The molecule has 0 saturated carbocycles. The number of amides is 1. The average molecular weight is 409 g/mol. The minimum absolute atomic E-state index is 0.00355. The van der Waals surface area contributed by atoms with Crippen molar-refractivity contribution in [1.29, 1.82) is 0 Å². The molecule has 3 aromatic rings. The highest BCUT2D eigenvalue weighted by atomic mass is 16.5. The maximum atomic E-state index is 12.6. The summed E-state index contributed by atoms with van der Waals surface area (Å²) in [6.45, 7) is 1.95. The van der Waals surface area contributed by atoms with Gasteiger partial charge in [-0.1, -0.05) is 42.0 Å². The van der Waals surface area contributed by atoms with Crippen LogP contribution in [-0.4, -0.2) is 28.8 Å². The van der Waals surface area contributed by atoms with Crippen LogP contribution in [0.25, 0.3) is 10.8 Å². The minimum atomic E-state index is -0.557. The van der Waals surface area contributed by atoms with Crippen LogP contribution in [0.4, 0.5) is 0 Å². The highest BCUT2D eigenvalue weighted by molar-refractivity contribution is 5.80. The largest absolute Gasteiger partial charge is 0.469 e. The van der Waals surface area contributed by atoms with Gasteiger partial charge in [0.05, 0.1) is 36.9 Å². The molecule has 8 nitrogen and oxygen atoms in total. The maximum Gasteiger partial charge on any atom is 0.307 e. The van der Waals surface area contributed by atoms with E-state index in [4.69, 9.17) is 4.74 Å². The van der Waals surface area contributed by atoms with Crippen molar-refractivity contribution in [3.05, 3.63) is 80.4 Å². The zero-order valence-electron chi connectivity index (χ0n) is 16.8. The number of fused-ring (bicyclic) bond motifs is 1. The molecule has 1 atom stereocenters. The average Bonchev–Trinajstić information content (AvgIpc) is 2.75. The molecule has 0 fully saturated rings. The van der Waals surface area contributed by atoms with Gasteiger partial charge in [-0.15, -0.1) is 0 Å². The molecular weight excluding hydrogens is 386 g/mol. The molecule has 2 aromatic carbocycles. The van der Waals surface area contributed by atoms with Crippen LogP contribution in [0.5, 0.6) is 0 Å². The van der Waals surface area contributed by atoms with Gasteiger partial charge in [-0.2, -0.15) is 0 Å². The van der Waals surface area contributed by atoms with Crippen LogP contribution in [-0.2, 0) is 20.9 Å². The molecule has 0 radical (unpaired) electrons. The van der Waals surface area contributed by atoms with Crippen LogP contribution in [0, 0.1) is 6.92 Å². The van der Waals surface area contributed by atoms with Crippen molar-refractivity contribution in [1.82, 2.24) is 15.1 Å². The first-order chi connectivity index (χ1) is 14.4. The van der Waals surface area contributed by atoms with Gasteiger partial charge in [0.1, 0.15) is 0 Å². The fourth-order valence-electron chi connectivity index (χ4n) is 3.18. The number of carbonyl (C=O) groups excluding carboxylic acids is 2. The number of aromatic amines is 1. The summed E-state index contributed by atoms with van der Waals surface area (Å²) < 4.78 is 5.86. The number of aromatic nitrogens is 2. The standard InChI is InChI=1S/C22H23N3O5/c1-14-7-9-15(10-8-14)18(13-20(27)30-2)23-19(26)11-12-25-22(29)17-6-4-3-5-16(17)21(28)24-25/h3-10,18H,11-13H2,1-2H3,(H,23,26)(H,24,28). The monoisotopic (exact) mass is 409 g/mol. The fraction of sp³-hybridized carbons (Fsp3) is 0.273. The minimum Gasteiger partial charge on any atom is -0.469 e. The third kappa shape index (κ3) is 4.83. The molecule has 156 valence electrons. The first-order valence-electron chi connectivity index (χ1n) is 9.53. The zero-order valence-corrected chi connectivity index (χ0v) is 16.8. The summed E-state index contributed by atoms with van der Waals surface area (Å²) in [6, 6.07) is 13.4. The third-order valence-corrected chi connectivity index (χ3v) is 4.86. The van der Waals surface area contributed by atoms with E-state index < -0.39 is 17.6 Å². The number of ether oxygens (including phenoxy) is 1. The van der Waals surface area contributed by atoms with Crippen molar-refractivity contribution < 1.29 is 14.3 Å². The van der Waals surface area contributed by atoms with Gasteiger partial charge in [-0.3, -0.25) is 24.3 Å².